The summed E-state index contributed by atoms with van der Waals surface area (Å²) in [7, 11) is 0. The fourth-order valence-corrected chi connectivity index (χ4v) is 6.29. The highest BCUT2D eigenvalue weighted by Crippen LogP contribution is 2.51. The second-order valence-electron chi connectivity index (χ2n) is 11.5. The highest BCUT2D eigenvalue weighted by atomic mass is 16.5. The van der Waals surface area contributed by atoms with E-state index in [0.29, 0.717) is 30.3 Å². The van der Waals surface area contributed by atoms with Gasteiger partial charge in [0.15, 0.2) is 0 Å². The van der Waals surface area contributed by atoms with Gasteiger partial charge in [0.25, 0.3) is 0 Å². The molecule has 0 radical (unpaired) electrons. The maximum absolute atomic E-state index is 13.0. The Morgan fingerprint density at radius 2 is 1.90 bits per heavy atom. The Morgan fingerprint density at radius 3 is 2.55 bits per heavy atom. The summed E-state index contributed by atoms with van der Waals surface area (Å²) in [5.41, 5.74) is -0.477. The number of esters is 1. The highest BCUT2D eigenvalue weighted by molar-refractivity contribution is 5.76. The first-order valence-electron chi connectivity index (χ1n) is 12.8. The minimum absolute atomic E-state index is 0.0966. The van der Waals surface area contributed by atoms with Gasteiger partial charge in [0, 0.05) is 12.5 Å². The van der Waals surface area contributed by atoms with E-state index < -0.39 is 5.41 Å². The van der Waals surface area contributed by atoms with Gasteiger partial charge in [-0.05, 0) is 95.8 Å². The van der Waals surface area contributed by atoms with Crippen molar-refractivity contribution in [3.8, 4) is 0 Å². The molecular weight excluding hydrogens is 392 g/mol. The van der Waals surface area contributed by atoms with E-state index in [9.17, 15) is 15.0 Å². The van der Waals surface area contributed by atoms with Gasteiger partial charge in [-0.15, -0.1) is 0 Å². The van der Waals surface area contributed by atoms with Gasteiger partial charge in [-0.25, -0.2) is 0 Å². The van der Waals surface area contributed by atoms with Gasteiger partial charge in [-0.1, -0.05) is 20.3 Å². The number of carbonyl (C=O) groups is 1. The minimum Gasteiger partial charge on any atom is -0.462 e. The molecule has 0 aromatic heterocycles. The zero-order valence-electron chi connectivity index (χ0n) is 20.4. The molecule has 0 amide bonds. The average Bonchev–Trinajstić information content (AvgIpc) is 2.72. The number of hydrogen-bond donors (Lipinski definition) is 2. The number of hydrogen-bond acceptors (Lipinski definition) is 5. The van der Waals surface area contributed by atoms with Crippen LogP contribution < -0.4 is 0 Å². The van der Waals surface area contributed by atoms with Crippen LogP contribution in [0.1, 0.15) is 92.4 Å². The standard InChI is InChI=1S/C26H46O5/c1-6-26(4,5)25(29)31-23-14-19(17(3)27)13-18-8-7-16(2)22(24(18)23)10-9-21-15-20(28)11-12-30-21/h16-24,27-28H,6-15H2,1-5H3/t16-,17?,18-,19-,20+,21+,22-,23-,24+/m0/s1. The van der Waals surface area contributed by atoms with Gasteiger partial charge in [0.05, 0.1) is 23.7 Å². The monoisotopic (exact) mass is 438 g/mol. The average molecular weight is 439 g/mol. The lowest BCUT2D eigenvalue weighted by molar-refractivity contribution is -0.175. The molecule has 0 aromatic rings. The molecule has 180 valence electrons. The first-order chi connectivity index (χ1) is 14.6. The van der Waals surface area contributed by atoms with Crippen LogP contribution in [0.4, 0.5) is 0 Å². The molecule has 1 unspecified atom stereocenters. The summed E-state index contributed by atoms with van der Waals surface area (Å²) < 4.78 is 12.2. The van der Waals surface area contributed by atoms with E-state index in [2.05, 4.69) is 6.92 Å². The van der Waals surface area contributed by atoms with E-state index in [1.165, 1.54) is 6.42 Å². The van der Waals surface area contributed by atoms with E-state index in [1.807, 2.05) is 27.7 Å². The largest absolute Gasteiger partial charge is 0.462 e. The smallest absolute Gasteiger partial charge is 0.311 e. The van der Waals surface area contributed by atoms with Crippen LogP contribution in [0.2, 0.25) is 0 Å². The first-order valence-corrected chi connectivity index (χ1v) is 12.8. The Kier molecular flexibility index (Phi) is 8.48. The maximum Gasteiger partial charge on any atom is 0.311 e. The fraction of sp³-hybridized carbons (Fsp3) is 0.962. The molecule has 31 heavy (non-hydrogen) atoms. The van der Waals surface area contributed by atoms with Gasteiger partial charge >= 0.3 is 5.97 Å². The second kappa shape index (κ2) is 10.5. The Morgan fingerprint density at radius 1 is 1.16 bits per heavy atom. The molecule has 0 spiro atoms. The normalized spacial score (nSPS) is 40.1. The lowest BCUT2D eigenvalue weighted by Gasteiger charge is -2.51. The molecule has 9 atom stereocenters. The molecular formula is C26H46O5. The molecule has 2 aliphatic carbocycles. The van der Waals surface area contributed by atoms with Crippen molar-refractivity contribution in [1.29, 1.82) is 0 Å². The van der Waals surface area contributed by atoms with Crippen LogP contribution in [0.15, 0.2) is 0 Å². The summed E-state index contributed by atoms with van der Waals surface area (Å²) in [6.45, 7) is 10.9. The molecule has 3 aliphatic rings. The lowest BCUT2D eigenvalue weighted by atomic mass is 9.57. The third kappa shape index (κ3) is 6.03. The molecule has 5 heteroatoms. The summed E-state index contributed by atoms with van der Waals surface area (Å²) in [6.07, 6.45) is 7.87. The Labute approximate surface area is 189 Å². The van der Waals surface area contributed by atoms with Crippen molar-refractivity contribution in [2.45, 2.75) is 117 Å². The van der Waals surface area contributed by atoms with Gasteiger partial charge in [0.2, 0.25) is 0 Å². The molecule has 0 aromatic carbocycles. The Bertz CT molecular complexity index is 588. The number of fused-ring (bicyclic) bond motifs is 1. The number of aliphatic hydroxyl groups excluding tert-OH is 2. The van der Waals surface area contributed by atoms with E-state index >= 15 is 0 Å². The Balaban J connectivity index is 1.76. The van der Waals surface area contributed by atoms with Crippen molar-refractivity contribution in [3.63, 3.8) is 0 Å². The number of rotatable bonds is 7. The third-order valence-electron chi connectivity index (χ3n) is 8.87. The Hall–Kier alpha value is -0.650. The van der Waals surface area contributed by atoms with Gasteiger partial charge < -0.3 is 19.7 Å². The van der Waals surface area contributed by atoms with Crippen molar-refractivity contribution in [1.82, 2.24) is 0 Å². The highest BCUT2D eigenvalue weighted by Gasteiger charge is 2.49. The second-order valence-corrected chi connectivity index (χ2v) is 11.5. The van der Waals surface area contributed by atoms with Crippen LogP contribution in [-0.2, 0) is 14.3 Å². The summed E-state index contributed by atoms with van der Waals surface area (Å²) in [5, 5.41) is 20.4. The van der Waals surface area contributed by atoms with Crippen molar-refractivity contribution >= 4 is 5.97 Å². The van der Waals surface area contributed by atoms with Crippen LogP contribution in [0, 0.1) is 35.0 Å². The van der Waals surface area contributed by atoms with Crippen LogP contribution >= 0.6 is 0 Å². The van der Waals surface area contributed by atoms with Crippen LogP contribution in [0.3, 0.4) is 0 Å². The van der Waals surface area contributed by atoms with Crippen molar-refractivity contribution < 1.29 is 24.5 Å². The maximum atomic E-state index is 13.0. The summed E-state index contributed by atoms with van der Waals surface area (Å²) >= 11 is 0. The van der Waals surface area contributed by atoms with Crippen LogP contribution in [0.5, 0.6) is 0 Å². The van der Waals surface area contributed by atoms with E-state index in [4.69, 9.17) is 9.47 Å². The van der Waals surface area contributed by atoms with Gasteiger partial charge in [0.1, 0.15) is 6.10 Å². The quantitative estimate of drug-likeness (QED) is 0.562. The summed E-state index contributed by atoms with van der Waals surface area (Å²) in [5.74, 6) is 2.08. The summed E-state index contributed by atoms with van der Waals surface area (Å²) in [4.78, 5) is 13.0. The molecule has 3 fully saturated rings. The van der Waals surface area contributed by atoms with Crippen molar-refractivity contribution in [2.24, 2.45) is 35.0 Å². The molecule has 1 aliphatic heterocycles. The summed E-state index contributed by atoms with van der Waals surface area (Å²) in [6, 6.07) is 0. The number of carbonyl (C=O) groups excluding carboxylic acids is 1. The zero-order valence-corrected chi connectivity index (χ0v) is 20.4. The van der Waals surface area contributed by atoms with Gasteiger partial charge in [-0.2, -0.15) is 0 Å². The third-order valence-corrected chi connectivity index (χ3v) is 8.87. The molecule has 1 saturated heterocycles. The van der Waals surface area contributed by atoms with Crippen LogP contribution in [-0.4, -0.2) is 47.2 Å². The number of aliphatic hydroxyl groups is 2. The van der Waals surface area contributed by atoms with Gasteiger partial charge in [-0.3, -0.25) is 4.79 Å². The minimum atomic E-state index is -0.477. The van der Waals surface area contributed by atoms with E-state index in [-0.39, 0.29) is 36.3 Å². The van der Waals surface area contributed by atoms with Crippen molar-refractivity contribution in [3.05, 3.63) is 0 Å². The predicted octanol–water partition coefficient (Wildman–Crippen LogP) is 4.72. The molecule has 1 heterocycles. The van der Waals surface area contributed by atoms with E-state index in [0.717, 1.165) is 51.4 Å². The fourth-order valence-electron chi connectivity index (χ4n) is 6.29. The zero-order chi connectivity index (χ0) is 22.8. The molecule has 5 nitrogen and oxygen atoms in total. The SMILES string of the molecule is CCC(C)(C)C(=O)O[C@H]1C[C@@H](C(C)O)C[C@@H]2CC[C@H](C)[C@H](CC[C@@H]3C[C@H](O)CCO3)[C@@H]21. The number of ether oxygens (including phenoxy) is 2. The van der Waals surface area contributed by atoms with Crippen molar-refractivity contribution in [2.75, 3.05) is 6.61 Å². The molecule has 0 bridgehead atoms. The topological polar surface area (TPSA) is 76.0 Å². The molecule has 3 rings (SSSR count). The van der Waals surface area contributed by atoms with Crippen LogP contribution in [0.25, 0.3) is 0 Å². The molecule has 2 saturated carbocycles. The predicted molar refractivity (Wildman–Crippen MR) is 121 cm³/mol. The lowest BCUT2D eigenvalue weighted by Crippen LogP contribution is -2.50. The first kappa shape index (κ1) is 25.0. The molecule has 2 N–H and O–H groups in total. The van der Waals surface area contributed by atoms with E-state index in [1.54, 1.807) is 0 Å².